The molecule has 1 heterocycles. The zero-order chi connectivity index (χ0) is 14.5. The molecule has 0 saturated heterocycles. The fourth-order valence-electron chi connectivity index (χ4n) is 1.60. The molecular weight excluding hydrogens is 324 g/mol. The Morgan fingerprint density at radius 2 is 2.30 bits per heavy atom. The van der Waals surface area contributed by atoms with Crippen LogP contribution in [0.2, 0.25) is 0 Å². The van der Waals surface area contributed by atoms with E-state index in [9.17, 15) is 4.79 Å². The number of hydrogen-bond donors (Lipinski definition) is 2. The minimum Gasteiger partial charge on any atom is -0.479 e. The van der Waals surface area contributed by atoms with Crippen LogP contribution in [0.5, 0.6) is 5.75 Å². The Morgan fingerprint density at radius 1 is 1.50 bits per heavy atom. The molecule has 0 saturated carbocycles. The standard InChI is InChI=1S/C14H15BrN2O3/c1-9(14(18)17-8-11-3-2-6-19-11)20-13-5-4-10(15)7-12(13)16/h2-7,9H,8,16H2,1H3,(H,17,18). The minimum absolute atomic E-state index is 0.233. The van der Waals surface area contributed by atoms with Crippen LogP contribution < -0.4 is 15.8 Å². The number of anilines is 1. The van der Waals surface area contributed by atoms with Gasteiger partial charge < -0.3 is 20.2 Å². The minimum atomic E-state index is -0.645. The first-order chi connectivity index (χ1) is 9.56. The van der Waals surface area contributed by atoms with Gasteiger partial charge in [-0.1, -0.05) is 15.9 Å². The zero-order valence-electron chi connectivity index (χ0n) is 10.9. The van der Waals surface area contributed by atoms with Gasteiger partial charge in [-0.05, 0) is 37.3 Å². The number of ether oxygens (including phenoxy) is 1. The quantitative estimate of drug-likeness (QED) is 0.821. The number of nitrogen functional groups attached to an aromatic ring is 1. The van der Waals surface area contributed by atoms with Crippen LogP contribution in [0.1, 0.15) is 12.7 Å². The molecule has 0 aliphatic carbocycles. The fourth-order valence-corrected chi connectivity index (χ4v) is 1.98. The van der Waals surface area contributed by atoms with Gasteiger partial charge in [0.15, 0.2) is 6.10 Å². The molecule has 5 nitrogen and oxygen atoms in total. The number of nitrogens with two attached hydrogens (primary N) is 1. The second-order valence-electron chi connectivity index (χ2n) is 4.24. The van der Waals surface area contributed by atoms with E-state index in [-0.39, 0.29) is 5.91 Å². The molecule has 0 fully saturated rings. The van der Waals surface area contributed by atoms with Gasteiger partial charge in [-0.3, -0.25) is 4.79 Å². The molecule has 106 valence electrons. The van der Waals surface area contributed by atoms with E-state index < -0.39 is 6.10 Å². The van der Waals surface area contributed by atoms with E-state index >= 15 is 0 Å². The Bertz CT molecular complexity index is 584. The van der Waals surface area contributed by atoms with Crippen LogP contribution in [0.3, 0.4) is 0 Å². The van der Waals surface area contributed by atoms with Crippen LogP contribution in [0.25, 0.3) is 0 Å². The third-order valence-corrected chi connectivity index (χ3v) is 3.16. The van der Waals surface area contributed by atoms with Crippen LogP contribution in [0.15, 0.2) is 45.5 Å². The van der Waals surface area contributed by atoms with Crippen molar-refractivity contribution in [1.29, 1.82) is 0 Å². The van der Waals surface area contributed by atoms with Crippen molar-refractivity contribution in [3.8, 4) is 5.75 Å². The Hall–Kier alpha value is -1.95. The van der Waals surface area contributed by atoms with Crippen LogP contribution in [0.4, 0.5) is 5.69 Å². The fraction of sp³-hybridized carbons (Fsp3) is 0.214. The Kier molecular flexibility index (Phi) is 4.68. The molecule has 1 unspecified atom stereocenters. The molecule has 1 atom stereocenters. The molecule has 0 radical (unpaired) electrons. The van der Waals surface area contributed by atoms with Gasteiger partial charge in [0, 0.05) is 4.47 Å². The second kappa shape index (κ2) is 6.47. The molecule has 6 heteroatoms. The number of carbonyl (C=O) groups is 1. The Morgan fingerprint density at radius 3 is 2.95 bits per heavy atom. The number of amides is 1. The van der Waals surface area contributed by atoms with Gasteiger partial charge >= 0.3 is 0 Å². The summed E-state index contributed by atoms with van der Waals surface area (Å²) in [5, 5.41) is 2.73. The van der Waals surface area contributed by atoms with Crippen LogP contribution in [-0.4, -0.2) is 12.0 Å². The predicted octanol–water partition coefficient (Wildman–Crippen LogP) is 2.71. The summed E-state index contributed by atoms with van der Waals surface area (Å²) in [5.74, 6) is 0.936. The highest BCUT2D eigenvalue weighted by atomic mass is 79.9. The molecule has 3 N–H and O–H groups in total. The average molecular weight is 339 g/mol. The molecule has 2 rings (SSSR count). The topological polar surface area (TPSA) is 77.5 Å². The molecule has 0 bridgehead atoms. The number of furan rings is 1. The van der Waals surface area contributed by atoms with E-state index in [0.29, 0.717) is 23.7 Å². The van der Waals surface area contributed by atoms with Gasteiger partial charge in [0.1, 0.15) is 11.5 Å². The van der Waals surface area contributed by atoms with Gasteiger partial charge in [-0.2, -0.15) is 0 Å². The summed E-state index contributed by atoms with van der Waals surface area (Å²) in [4.78, 5) is 11.9. The largest absolute Gasteiger partial charge is 0.479 e. The van der Waals surface area contributed by atoms with E-state index in [4.69, 9.17) is 14.9 Å². The molecule has 1 aromatic heterocycles. The number of rotatable bonds is 5. The molecular formula is C14H15BrN2O3. The van der Waals surface area contributed by atoms with Crippen LogP contribution >= 0.6 is 15.9 Å². The molecule has 0 spiro atoms. The van der Waals surface area contributed by atoms with Gasteiger partial charge in [-0.15, -0.1) is 0 Å². The number of carbonyl (C=O) groups excluding carboxylic acids is 1. The maximum Gasteiger partial charge on any atom is 0.261 e. The van der Waals surface area contributed by atoms with Crippen molar-refractivity contribution in [3.63, 3.8) is 0 Å². The molecule has 20 heavy (non-hydrogen) atoms. The lowest BCUT2D eigenvalue weighted by Crippen LogP contribution is -2.35. The summed E-state index contributed by atoms with van der Waals surface area (Å²) >= 11 is 3.31. The number of halogens is 1. The SMILES string of the molecule is CC(Oc1ccc(Br)cc1N)C(=O)NCc1ccco1. The number of nitrogens with one attached hydrogen (secondary N) is 1. The summed E-state index contributed by atoms with van der Waals surface area (Å²) in [6.07, 6.45) is 0.915. The van der Waals surface area contributed by atoms with Gasteiger partial charge in [0.05, 0.1) is 18.5 Å². The van der Waals surface area contributed by atoms with Crippen LogP contribution in [0, 0.1) is 0 Å². The predicted molar refractivity (Wildman–Crippen MR) is 79.2 cm³/mol. The molecule has 0 aliphatic rings. The van der Waals surface area contributed by atoms with Crippen molar-refractivity contribution < 1.29 is 13.9 Å². The van der Waals surface area contributed by atoms with Crippen molar-refractivity contribution in [2.45, 2.75) is 19.6 Å². The highest BCUT2D eigenvalue weighted by Gasteiger charge is 2.16. The lowest BCUT2D eigenvalue weighted by atomic mass is 10.3. The maximum absolute atomic E-state index is 11.9. The van der Waals surface area contributed by atoms with E-state index in [1.165, 1.54) is 0 Å². The summed E-state index contributed by atoms with van der Waals surface area (Å²) in [5.41, 5.74) is 6.30. The van der Waals surface area contributed by atoms with E-state index in [1.54, 1.807) is 43.5 Å². The van der Waals surface area contributed by atoms with Gasteiger partial charge in [-0.25, -0.2) is 0 Å². The average Bonchev–Trinajstić information content (AvgIpc) is 2.92. The summed E-state index contributed by atoms with van der Waals surface area (Å²) in [6, 6.07) is 8.81. The lowest BCUT2D eigenvalue weighted by Gasteiger charge is -2.15. The molecule has 2 aromatic rings. The smallest absolute Gasteiger partial charge is 0.261 e. The third-order valence-electron chi connectivity index (χ3n) is 2.66. The summed E-state index contributed by atoms with van der Waals surface area (Å²) in [7, 11) is 0. The first kappa shape index (κ1) is 14.5. The lowest BCUT2D eigenvalue weighted by molar-refractivity contribution is -0.127. The Balaban J connectivity index is 1.90. The summed E-state index contributed by atoms with van der Waals surface area (Å²) < 4.78 is 11.5. The first-order valence-corrected chi connectivity index (χ1v) is 6.87. The zero-order valence-corrected chi connectivity index (χ0v) is 12.5. The van der Waals surface area contributed by atoms with E-state index in [1.807, 2.05) is 0 Å². The Labute approximate surface area is 125 Å². The van der Waals surface area contributed by atoms with Gasteiger partial charge in [0.2, 0.25) is 0 Å². The van der Waals surface area contributed by atoms with Crippen molar-refractivity contribution >= 4 is 27.5 Å². The van der Waals surface area contributed by atoms with Gasteiger partial charge in [0.25, 0.3) is 5.91 Å². The maximum atomic E-state index is 11.9. The highest BCUT2D eigenvalue weighted by molar-refractivity contribution is 9.10. The first-order valence-electron chi connectivity index (χ1n) is 6.08. The van der Waals surface area contributed by atoms with Crippen molar-refractivity contribution in [2.75, 3.05) is 5.73 Å². The monoisotopic (exact) mass is 338 g/mol. The van der Waals surface area contributed by atoms with Crippen molar-refractivity contribution in [1.82, 2.24) is 5.32 Å². The molecule has 1 aromatic carbocycles. The van der Waals surface area contributed by atoms with Crippen LogP contribution in [-0.2, 0) is 11.3 Å². The molecule has 0 aliphatic heterocycles. The van der Waals surface area contributed by atoms with Crippen molar-refractivity contribution in [3.05, 3.63) is 46.8 Å². The van der Waals surface area contributed by atoms with E-state index in [2.05, 4.69) is 21.2 Å². The third kappa shape index (κ3) is 3.77. The second-order valence-corrected chi connectivity index (χ2v) is 5.16. The summed E-state index contributed by atoms with van der Waals surface area (Å²) in [6.45, 7) is 1.99. The molecule has 1 amide bonds. The normalized spacial score (nSPS) is 11.9. The van der Waals surface area contributed by atoms with E-state index in [0.717, 1.165) is 4.47 Å². The number of hydrogen-bond acceptors (Lipinski definition) is 4. The highest BCUT2D eigenvalue weighted by Crippen LogP contribution is 2.26. The van der Waals surface area contributed by atoms with Crippen molar-refractivity contribution in [2.24, 2.45) is 0 Å². The number of benzene rings is 1.